The summed E-state index contributed by atoms with van der Waals surface area (Å²) >= 11 is 0. The van der Waals surface area contributed by atoms with Crippen LogP contribution in [0.15, 0.2) is 0 Å². The van der Waals surface area contributed by atoms with E-state index >= 15 is 0 Å². The van der Waals surface area contributed by atoms with Crippen LogP contribution in [-0.2, 0) is 0 Å². The molecule has 1 heterocycles. The Morgan fingerprint density at radius 1 is 0.857 bits per heavy atom. The first kappa shape index (κ1) is 9.53. The van der Waals surface area contributed by atoms with Crippen LogP contribution in [0.2, 0.25) is 0 Å². The van der Waals surface area contributed by atoms with Crippen molar-refractivity contribution in [3.05, 3.63) is 27.8 Å². The van der Waals surface area contributed by atoms with E-state index in [4.69, 9.17) is 0 Å². The third-order valence-corrected chi connectivity index (χ3v) is 3.58. The molecular formula is C12H18N2. The van der Waals surface area contributed by atoms with Gasteiger partial charge in [-0.15, -0.1) is 0 Å². The predicted molar refractivity (Wildman–Crippen MR) is 60.6 cm³/mol. The third kappa shape index (κ3) is 1.07. The molecule has 0 bridgehead atoms. The van der Waals surface area contributed by atoms with E-state index in [9.17, 15) is 0 Å². The lowest BCUT2D eigenvalue weighted by molar-refractivity contribution is 0.684. The Morgan fingerprint density at radius 2 is 1.43 bits per heavy atom. The van der Waals surface area contributed by atoms with Crippen molar-refractivity contribution in [2.24, 2.45) is 0 Å². The second-order valence-electron chi connectivity index (χ2n) is 4.28. The monoisotopic (exact) mass is 190 g/mol. The molecule has 0 saturated carbocycles. The second kappa shape index (κ2) is 2.99. The van der Waals surface area contributed by atoms with Gasteiger partial charge in [0, 0.05) is 0 Å². The van der Waals surface area contributed by atoms with Crippen molar-refractivity contribution < 1.29 is 0 Å². The highest BCUT2D eigenvalue weighted by Gasteiger charge is 2.23. The maximum absolute atomic E-state index is 3.28. The number of rotatable bonds is 0. The van der Waals surface area contributed by atoms with Crippen LogP contribution in [0.1, 0.15) is 40.8 Å². The van der Waals surface area contributed by atoms with Crippen LogP contribution in [0, 0.1) is 27.7 Å². The lowest BCUT2D eigenvalue weighted by atomic mass is 9.90. The lowest BCUT2D eigenvalue weighted by Gasteiger charge is -2.15. The van der Waals surface area contributed by atoms with Gasteiger partial charge >= 0.3 is 0 Å². The summed E-state index contributed by atoms with van der Waals surface area (Å²) in [5.41, 5.74) is 14.9. The SMILES string of the molecule is Cc1c(C)c(C)c2c(c1C)NNC2C. The van der Waals surface area contributed by atoms with E-state index in [0.717, 1.165) is 0 Å². The molecule has 0 saturated heterocycles. The van der Waals surface area contributed by atoms with Gasteiger partial charge in [-0.1, -0.05) is 0 Å². The largest absolute Gasteiger partial charge is 0.320 e. The molecule has 0 aliphatic carbocycles. The Kier molecular flexibility index (Phi) is 2.04. The van der Waals surface area contributed by atoms with Gasteiger partial charge in [0.2, 0.25) is 0 Å². The molecule has 2 rings (SSSR count). The fourth-order valence-electron chi connectivity index (χ4n) is 2.30. The van der Waals surface area contributed by atoms with Crippen LogP contribution < -0.4 is 10.9 Å². The first-order valence-corrected chi connectivity index (χ1v) is 5.15. The summed E-state index contributed by atoms with van der Waals surface area (Å²) in [5.74, 6) is 0. The number of nitrogens with one attached hydrogen (secondary N) is 2. The molecule has 1 aliphatic rings. The molecule has 1 atom stereocenters. The summed E-state index contributed by atoms with van der Waals surface area (Å²) < 4.78 is 0. The summed E-state index contributed by atoms with van der Waals surface area (Å²) in [6.07, 6.45) is 0. The van der Waals surface area contributed by atoms with E-state index in [1.165, 1.54) is 33.5 Å². The van der Waals surface area contributed by atoms with Crippen LogP contribution in [0.4, 0.5) is 5.69 Å². The first-order chi connectivity index (χ1) is 6.54. The predicted octanol–water partition coefficient (Wildman–Crippen LogP) is 2.91. The van der Waals surface area contributed by atoms with Crippen molar-refractivity contribution in [2.45, 2.75) is 40.7 Å². The van der Waals surface area contributed by atoms with Crippen molar-refractivity contribution in [1.29, 1.82) is 0 Å². The molecule has 0 fully saturated rings. The van der Waals surface area contributed by atoms with Crippen molar-refractivity contribution in [3.8, 4) is 0 Å². The molecule has 0 amide bonds. The highest BCUT2D eigenvalue weighted by molar-refractivity contribution is 5.68. The molecule has 0 spiro atoms. The van der Waals surface area contributed by atoms with Gasteiger partial charge in [0.25, 0.3) is 0 Å². The zero-order valence-corrected chi connectivity index (χ0v) is 9.58. The average Bonchev–Trinajstić information content (AvgIpc) is 2.54. The zero-order chi connectivity index (χ0) is 10.5. The van der Waals surface area contributed by atoms with Crippen LogP contribution >= 0.6 is 0 Å². The molecule has 1 aliphatic heterocycles. The molecular weight excluding hydrogens is 172 g/mol. The molecule has 1 aromatic carbocycles. The van der Waals surface area contributed by atoms with Crippen molar-refractivity contribution in [3.63, 3.8) is 0 Å². The third-order valence-electron chi connectivity index (χ3n) is 3.58. The first-order valence-electron chi connectivity index (χ1n) is 5.15. The van der Waals surface area contributed by atoms with Crippen molar-refractivity contribution >= 4 is 5.69 Å². The van der Waals surface area contributed by atoms with Gasteiger partial charge in [-0.25, -0.2) is 5.43 Å². The summed E-state index contributed by atoms with van der Waals surface area (Å²) in [6.45, 7) is 11.0. The molecule has 1 aromatic rings. The minimum absolute atomic E-state index is 0.419. The van der Waals surface area contributed by atoms with E-state index in [1.54, 1.807) is 0 Å². The van der Waals surface area contributed by atoms with E-state index < -0.39 is 0 Å². The normalized spacial score (nSPS) is 19.4. The fourth-order valence-corrected chi connectivity index (χ4v) is 2.30. The highest BCUT2D eigenvalue weighted by atomic mass is 15.4. The molecule has 2 heteroatoms. The number of hydrazine groups is 1. The zero-order valence-electron chi connectivity index (χ0n) is 9.58. The van der Waals surface area contributed by atoms with Gasteiger partial charge < -0.3 is 5.43 Å². The summed E-state index contributed by atoms with van der Waals surface area (Å²) in [5, 5.41) is 0. The Balaban J connectivity index is 2.77. The van der Waals surface area contributed by atoms with Crippen LogP contribution in [0.5, 0.6) is 0 Å². The molecule has 1 unspecified atom stereocenters. The van der Waals surface area contributed by atoms with Gasteiger partial charge in [-0.3, -0.25) is 0 Å². The van der Waals surface area contributed by atoms with Gasteiger partial charge in [-0.2, -0.15) is 0 Å². The van der Waals surface area contributed by atoms with Crippen molar-refractivity contribution in [2.75, 3.05) is 5.43 Å². The van der Waals surface area contributed by atoms with E-state index in [0.29, 0.717) is 6.04 Å². The van der Waals surface area contributed by atoms with Gasteiger partial charge in [0.15, 0.2) is 0 Å². The van der Waals surface area contributed by atoms with E-state index in [-0.39, 0.29) is 0 Å². The van der Waals surface area contributed by atoms with Crippen LogP contribution in [-0.4, -0.2) is 0 Å². The standard InChI is InChI=1S/C12H18N2/c1-6-7(2)9(4)12-11(8(6)3)10(5)13-14-12/h10,13-14H,1-5H3. The van der Waals surface area contributed by atoms with Crippen LogP contribution in [0.3, 0.4) is 0 Å². The quantitative estimate of drug-likeness (QED) is 0.657. The molecule has 0 aromatic heterocycles. The maximum Gasteiger partial charge on any atom is 0.0570 e. The number of fused-ring (bicyclic) bond motifs is 1. The molecule has 2 nitrogen and oxygen atoms in total. The molecule has 2 N–H and O–H groups in total. The minimum atomic E-state index is 0.419. The Labute approximate surface area is 85.7 Å². The van der Waals surface area contributed by atoms with Crippen molar-refractivity contribution in [1.82, 2.24) is 5.43 Å². The lowest BCUT2D eigenvalue weighted by Crippen LogP contribution is -2.16. The fraction of sp³-hybridized carbons (Fsp3) is 0.500. The topological polar surface area (TPSA) is 24.1 Å². The summed E-state index contributed by atoms with van der Waals surface area (Å²) in [6, 6.07) is 0.419. The molecule has 76 valence electrons. The van der Waals surface area contributed by atoms with Crippen LogP contribution in [0.25, 0.3) is 0 Å². The van der Waals surface area contributed by atoms with Gasteiger partial charge in [0.1, 0.15) is 0 Å². The van der Waals surface area contributed by atoms with Gasteiger partial charge in [-0.05, 0) is 62.4 Å². The second-order valence-corrected chi connectivity index (χ2v) is 4.28. The Hall–Kier alpha value is -1.02. The molecule has 0 radical (unpaired) electrons. The summed E-state index contributed by atoms with van der Waals surface area (Å²) in [4.78, 5) is 0. The Bertz CT molecular complexity index is 394. The number of hydrogen-bond acceptors (Lipinski definition) is 2. The van der Waals surface area contributed by atoms with E-state index in [1.807, 2.05) is 0 Å². The number of anilines is 1. The average molecular weight is 190 g/mol. The van der Waals surface area contributed by atoms with Gasteiger partial charge in [0.05, 0.1) is 11.7 Å². The number of hydrogen-bond donors (Lipinski definition) is 2. The minimum Gasteiger partial charge on any atom is -0.320 e. The maximum atomic E-state index is 3.28. The molecule has 14 heavy (non-hydrogen) atoms. The Morgan fingerprint density at radius 3 is 2.07 bits per heavy atom. The van der Waals surface area contributed by atoms with E-state index in [2.05, 4.69) is 45.5 Å². The summed E-state index contributed by atoms with van der Waals surface area (Å²) in [7, 11) is 0. The smallest absolute Gasteiger partial charge is 0.0570 e. The highest BCUT2D eigenvalue weighted by Crippen LogP contribution is 2.37. The number of benzene rings is 1.